The van der Waals surface area contributed by atoms with Gasteiger partial charge >= 0.3 is 0 Å². The second kappa shape index (κ2) is 5.91. The van der Waals surface area contributed by atoms with E-state index >= 15 is 0 Å². The number of aromatic nitrogens is 2. The fourth-order valence-electron chi connectivity index (χ4n) is 2.29. The van der Waals surface area contributed by atoms with Gasteiger partial charge in [-0.3, -0.25) is 4.79 Å². The van der Waals surface area contributed by atoms with Gasteiger partial charge in [0.2, 0.25) is 11.0 Å². The lowest BCUT2D eigenvalue weighted by atomic mass is 10.1. The van der Waals surface area contributed by atoms with Crippen molar-refractivity contribution in [1.82, 2.24) is 10.2 Å². The lowest BCUT2D eigenvalue weighted by molar-refractivity contribution is -0.117. The van der Waals surface area contributed by atoms with E-state index < -0.39 is 0 Å². The van der Waals surface area contributed by atoms with Crippen LogP contribution in [0.15, 0.2) is 18.2 Å². The molecule has 1 amide bonds. The second-order valence-electron chi connectivity index (χ2n) is 5.00. The monoisotopic (exact) mass is 341 g/mol. The number of hydrogen-bond donors (Lipinski definition) is 1. The van der Waals surface area contributed by atoms with Crippen LogP contribution in [-0.4, -0.2) is 16.1 Å². The Morgan fingerprint density at radius 1 is 1.33 bits per heavy atom. The summed E-state index contributed by atoms with van der Waals surface area (Å²) in [5.41, 5.74) is 1.01. The number of rotatable bonds is 4. The Kier molecular flexibility index (Phi) is 4.15. The van der Waals surface area contributed by atoms with Gasteiger partial charge < -0.3 is 5.32 Å². The highest BCUT2D eigenvalue weighted by Crippen LogP contribution is 2.49. The molecule has 1 N–H and O–H groups in total. The average Bonchev–Trinajstić information content (AvgIpc) is 3.12. The number of carbonyl (C=O) groups is 1. The van der Waals surface area contributed by atoms with E-state index in [0.29, 0.717) is 15.2 Å². The van der Waals surface area contributed by atoms with Crippen LogP contribution in [0.5, 0.6) is 0 Å². The first-order valence-corrected chi connectivity index (χ1v) is 8.23. The maximum Gasteiger partial charge on any atom is 0.229 e. The summed E-state index contributed by atoms with van der Waals surface area (Å²) in [6, 6.07) is 5.43. The number of hydrogen-bond acceptors (Lipinski definition) is 4. The Labute approximate surface area is 136 Å². The molecule has 1 aromatic carbocycles. The van der Waals surface area contributed by atoms with Gasteiger partial charge in [0.1, 0.15) is 5.01 Å². The van der Waals surface area contributed by atoms with Gasteiger partial charge in [-0.25, -0.2) is 0 Å². The van der Waals surface area contributed by atoms with Crippen LogP contribution in [0.1, 0.15) is 29.8 Å². The van der Waals surface area contributed by atoms with E-state index in [9.17, 15) is 4.79 Å². The van der Waals surface area contributed by atoms with Crippen LogP contribution < -0.4 is 5.32 Å². The third-order valence-corrected chi connectivity index (χ3v) is 4.86. The van der Waals surface area contributed by atoms with Crippen LogP contribution >= 0.6 is 34.5 Å². The van der Waals surface area contributed by atoms with Gasteiger partial charge in [-0.1, -0.05) is 41.5 Å². The van der Waals surface area contributed by atoms with Gasteiger partial charge in [0.15, 0.2) is 0 Å². The summed E-state index contributed by atoms with van der Waals surface area (Å²) in [6.45, 7) is 2.01. The number of nitrogens with one attached hydrogen (secondary N) is 1. The van der Waals surface area contributed by atoms with Gasteiger partial charge in [-0.15, -0.1) is 10.2 Å². The number of anilines is 1. The van der Waals surface area contributed by atoms with E-state index in [1.807, 2.05) is 19.1 Å². The van der Waals surface area contributed by atoms with E-state index in [0.717, 1.165) is 23.4 Å². The molecule has 2 atom stereocenters. The lowest BCUT2D eigenvalue weighted by Crippen LogP contribution is -2.14. The van der Waals surface area contributed by atoms with Crippen molar-refractivity contribution in [2.75, 3.05) is 5.32 Å². The molecule has 1 fully saturated rings. The summed E-state index contributed by atoms with van der Waals surface area (Å²) >= 11 is 13.4. The summed E-state index contributed by atoms with van der Waals surface area (Å²) < 4.78 is 0. The Morgan fingerprint density at radius 2 is 2.05 bits per heavy atom. The quantitative estimate of drug-likeness (QED) is 0.908. The van der Waals surface area contributed by atoms with Crippen molar-refractivity contribution in [2.45, 2.75) is 25.7 Å². The summed E-state index contributed by atoms with van der Waals surface area (Å²) in [5.74, 6) is 0.114. The number of carbonyl (C=O) groups excluding carboxylic acids is 1. The molecule has 0 radical (unpaired) electrons. The van der Waals surface area contributed by atoms with Crippen molar-refractivity contribution in [1.29, 1.82) is 0 Å². The van der Waals surface area contributed by atoms with Crippen molar-refractivity contribution in [3.63, 3.8) is 0 Å². The van der Waals surface area contributed by atoms with Gasteiger partial charge in [0, 0.05) is 16.0 Å². The van der Waals surface area contributed by atoms with Crippen LogP contribution in [0.3, 0.4) is 0 Å². The van der Waals surface area contributed by atoms with Gasteiger partial charge in [0.05, 0.1) is 0 Å². The Bertz CT molecular complexity index is 668. The molecule has 0 saturated heterocycles. The molecule has 4 nitrogen and oxygen atoms in total. The zero-order valence-electron chi connectivity index (χ0n) is 11.3. The topological polar surface area (TPSA) is 54.9 Å². The molecule has 0 spiro atoms. The molecule has 1 aliphatic rings. The van der Waals surface area contributed by atoms with Crippen molar-refractivity contribution in [3.8, 4) is 0 Å². The zero-order chi connectivity index (χ0) is 15.0. The van der Waals surface area contributed by atoms with Crippen molar-refractivity contribution >= 4 is 45.6 Å². The molecule has 1 aromatic heterocycles. The highest BCUT2D eigenvalue weighted by Gasteiger charge is 2.44. The van der Waals surface area contributed by atoms with Crippen LogP contribution in [0.4, 0.5) is 5.13 Å². The van der Waals surface area contributed by atoms with E-state index in [4.69, 9.17) is 23.2 Å². The molecule has 3 rings (SSSR count). The molecule has 1 aliphatic carbocycles. The van der Waals surface area contributed by atoms with Crippen LogP contribution in [0, 0.1) is 5.92 Å². The summed E-state index contributed by atoms with van der Waals surface area (Å²) in [6.07, 6.45) is 1.63. The Morgan fingerprint density at radius 3 is 2.67 bits per heavy atom. The minimum Gasteiger partial charge on any atom is -0.300 e. The first kappa shape index (κ1) is 14.8. The SMILES string of the molecule is CCc1nnc(NC(=O)[C@@H]2C[C@@H]2c2cc(Cl)cc(Cl)c2)s1. The minimum atomic E-state index is -0.0477. The average molecular weight is 342 g/mol. The van der Waals surface area contributed by atoms with Gasteiger partial charge in [-0.05, 0) is 42.5 Å². The van der Waals surface area contributed by atoms with Crippen molar-refractivity contribution < 1.29 is 4.79 Å². The maximum absolute atomic E-state index is 12.2. The first-order valence-electron chi connectivity index (χ1n) is 6.66. The number of halogens is 2. The third-order valence-electron chi connectivity index (χ3n) is 3.44. The second-order valence-corrected chi connectivity index (χ2v) is 6.93. The number of benzene rings is 1. The van der Waals surface area contributed by atoms with Crippen molar-refractivity contribution in [2.24, 2.45) is 5.92 Å². The molecule has 0 aliphatic heterocycles. The summed E-state index contributed by atoms with van der Waals surface area (Å²) in [4.78, 5) is 12.2. The molecular weight excluding hydrogens is 329 g/mol. The smallest absolute Gasteiger partial charge is 0.229 e. The maximum atomic E-state index is 12.2. The largest absolute Gasteiger partial charge is 0.300 e. The number of nitrogens with zero attached hydrogens (tertiary/aromatic N) is 2. The lowest BCUT2D eigenvalue weighted by Gasteiger charge is -2.03. The predicted molar refractivity (Wildman–Crippen MR) is 85.2 cm³/mol. The molecule has 0 bridgehead atoms. The van der Waals surface area contributed by atoms with Crippen LogP contribution in [-0.2, 0) is 11.2 Å². The van der Waals surface area contributed by atoms with Crippen LogP contribution in [0.25, 0.3) is 0 Å². The highest BCUT2D eigenvalue weighted by atomic mass is 35.5. The first-order chi connectivity index (χ1) is 10.1. The normalized spacial score (nSPS) is 20.3. The highest BCUT2D eigenvalue weighted by molar-refractivity contribution is 7.15. The zero-order valence-corrected chi connectivity index (χ0v) is 13.6. The van der Waals surface area contributed by atoms with E-state index in [2.05, 4.69) is 15.5 Å². The molecule has 110 valence electrons. The molecule has 7 heteroatoms. The van der Waals surface area contributed by atoms with Gasteiger partial charge in [0.25, 0.3) is 0 Å². The van der Waals surface area contributed by atoms with Crippen molar-refractivity contribution in [3.05, 3.63) is 38.8 Å². The molecule has 21 heavy (non-hydrogen) atoms. The molecule has 0 unspecified atom stereocenters. The standard InChI is InChI=1S/C14H13Cl2N3OS/c1-2-12-18-19-14(21-12)17-13(20)11-6-10(11)7-3-8(15)5-9(16)4-7/h3-5,10-11H,2,6H2,1H3,(H,17,19,20)/t10-,11-/m1/s1. The fourth-order valence-corrected chi connectivity index (χ4v) is 3.51. The molecule has 1 saturated carbocycles. The molecular formula is C14H13Cl2N3OS. The number of amides is 1. The summed E-state index contributed by atoms with van der Waals surface area (Å²) in [7, 11) is 0. The molecule has 1 heterocycles. The number of aryl methyl sites for hydroxylation is 1. The third kappa shape index (κ3) is 3.36. The Balaban J connectivity index is 1.65. The van der Waals surface area contributed by atoms with E-state index in [1.165, 1.54) is 11.3 Å². The van der Waals surface area contributed by atoms with Crippen LogP contribution in [0.2, 0.25) is 10.0 Å². The van der Waals surface area contributed by atoms with Gasteiger partial charge in [-0.2, -0.15) is 0 Å². The Hall–Kier alpha value is -1.17. The minimum absolute atomic E-state index is 0.0186. The predicted octanol–water partition coefficient (Wildman–Crippen LogP) is 4.15. The molecule has 2 aromatic rings. The van der Waals surface area contributed by atoms with E-state index in [-0.39, 0.29) is 17.7 Å². The fraction of sp³-hybridized carbons (Fsp3) is 0.357. The summed E-state index contributed by atoms with van der Waals surface area (Å²) in [5, 5.41) is 13.4. The van der Waals surface area contributed by atoms with E-state index in [1.54, 1.807) is 6.07 Å².